The molecule has 1 N–H and O–H groups in total. The van der Waals surface area contributed by atoms with E-state index in [9.17, 15) is 8.42 Å². The fraction of sp³-hybridized carbons (Fsp3) is 0.652. The molecule has 2 saturated carbocycles. The molecule has 1 aromatic heterocycles. The van der Waals surface area contributed by atoms with Crippen LogP contribution in [-0.2, 0) is 10.0 Å². The number of aromatic nitrogens is 2. The summed E-state index contributed by atoms with van der Waals surface area (Å²) in [6.07, 6.45) is 14.0. The molecule has 5 rings (SSSR count). The van der Waals surface area contributed by atoms with Crippen molar-refractivity contribution in [2.24, 2.45) is 5.41 Å². The Morgan fingerprint density at radius 3 is 2.58 bits per heavy atom. The molecule has 0 unspecified atom stereocenters. The third-order valence-electron chi connectivity index (χ3n) is 7.59. The maximum Gasteiger partial charge on any atom is 0.224 e. The quantitative estimate of drug-likeness (QED) is 0.746. The van der Waals surface area contributed by atoms with Gasteiger partial charge in [0.25, 0.3) is 0 Å². The Labute approximate surface area is 185 Å². The van der Waals surface area contributed by atoms with Gasteiger partial charge in [0, 0.05) is 42.6 Å². The van der Waals surface area contributed by atoms with E-state index in [4.69, 9.17) is 4.98 Å². The van der Waals surface area contributed by atoms with Gasteiger partial charge in [-0.15, -0.1) is 0 Å². The van der Waals surface area contributed by atoms with Gasteiger partial charge < -0.3 is 10.2 Å². The van der Waals surface area contributed by atoms with Crippen molar-refractivity contribution < 1.29 is 8.42 Å². The van der Waals surface area contributed by atoms with Crippen LogP contribution in [0.3, 0.4) is 0 Å². The first-order chi connectivity index (χ1) is 14.8. The summed E-state index contributed by atoms with van der Waals surface area (Å²) in [5.41, 5.74) is 2.51. The Hall–Kier alpha value is -1.93. The van der Waals surface area contributed by atoms with Crippen molar-refractivity contribution in [1.29, 1.82) is 0 Å². The van der Waals surface area contributed by atoms with Crippen molar-refractivity contribution >= 4 is 27.9 Å². The number of rotatable bonds is 5. The van der Waals surface area contributed by atoms with Crippen LogP contribution in [0.15, 0.2) is 24.5 Å². The first kappa shape index (κ1) is 20.9. The van der Waals surface area contributed by atoms with Gasteiger partial charge in [0.15, 0.2) is 0 Å². The molecule has 3 fully saturated rings. The van der Waals surface area contributed by atoms with E-state index in [0.29, 0.717) is 30.5 Å². The van der Waals surface area contributed by atoms with Crippen LogP contribution in [0, 0.1) is 5.41 Å². The molecule has 7 nitrogen and oxygen atoms in total. The first-order valence-corrected chi connectivity index (χ1v) is 13.1. The third-order valence-corrected chi connectivity index (χ3v) is 9.87. The Balaban J connectivity index is 1.32. The molecule has 4 aliphatic rings. The lowest BCUT2D eigenvalue weighted by molar-refractivity contribution is 0.326. The maximum absolute atomic E-state index is 12.4. The summed E-state index contributed by atoms with van der Waals surface area (Å²) < 4.78 is 26.5. The smallest absolute Gasteiger partial charge is 0.224 e. The van der Waals surface area contributed by atoms with Gasteiger partial charge in [0.2, 0.25) is 16.0 Å². The van der Waals surface area contributed by atoms with Gasteiger partial charge in [-0.05, 0) is 69.9 Å². The molecule has 3 heterocycles. The van der Waals surface area contributed by atoms with E-state index in [1.165, 1.54) is 32.1 Å². The number of sulfonamides is 1. The molecule has 2 aliphatic heterocycles. The lowest BCUT2D eigenvalue weighted by Gasteiger charge is -2.37. The summed E-state index contributed by atoms with van der Waals surface area (Å²) in [4.78, 5) is 11.9. The third kappa shape index (κ3) is 3.67. The molecule has 1 aromatic rings. The van der Waals surface area contributed by atoms with Gasteiger partial charge in [-0.2, -0.15) is 4.98 Å². The van der Waals surface area contributed by atoms with Crippen LogP contribution >= 0.6 is 0 Å². The van der Waals surface area contributed by atoms with Gasteiger partial charge in [0.1, 0.15) is 5.82 Å². The van der Waals surface area contributed by atoms with Crippen molar-refractivity contribution in [1.82, 2.24) is 14.3 Å². The fourth-order valence-corrected chi connectivity index (χ4v) is 6.83. The SMILES string of the molecule is C=C1C=Cc2cnc(NC3CCN(S(=O)(=O)C(C)C)CC3)nc2N1[C@H]1CCCC12CC2. The summed E-state index contributed by atoms with van der Waals surface area (Å²) in [5, 5.41) is 3.09. The van der Waals surface area contributed by atoms with Crippen LogP contribution in [0.4, 0.5) is 11.8 Å². The number of anilines is 2. The summed E-state index contributed by atoms with van der Waals surface area (Å²) in [5.74, 6) is 1.59. The summed E-state index contributed by atoms with van der Waals surface area (Å²) in [6, 6.07) is 0.657. The van der Waals surface area contributed by atoms with Gasteiger partial charge in [-0.3, -0.25) is 0 Å². The molecule has 0 radical (unpaired) electrons. The highest BCUT2D eigenvalue weighted by Crippen LogP contribution is 2.60. The highest BCUT2D eigenvalue weighted by Gasteiger charge is 2.55. The number of fused-ring (bicyclic) bond motifs is 1. The van der Waals surface area contributed by atoms with Gasteiger partial charge in [0.05, 0.1) is 5.25 Å². The average molecular weight is 444 g/mol. The normalized spacial score (nSPS) is 26.0. The number of piperidine rings is 1. The Morgan fingerprint density at radius 2 is 1.90 bits per heavy atom. The monoisotopic (exact) mass is 443 g/mol. The Morgan fingerprint density at radius 1 is 1.16 bits per heavy atom. The van der Waals surface area contributed by atoms with Crippen LogP contribution in [0.2, 0.25) is 0 Å². The van der Waals surface area contributed by atoms with E-state index in [-0.39, 0.29) is 11.3 Å². The lowest BCUT2D eigenvalue weighted by Crippen LogP contribution is -2.45. The van der Waals surface area contributed by atoms with E-state index in [0.717, 1.165) is 29.9 Å². The fourth-order valence-electron chi connectivity index (χ4n) is 5.51. The number of nitrogens with one attached hydrogen (secondary N) is 1. The summed E-state index contributed by atoms with van der Waals surface area (Å²) >= 11 is 0. The summed E-state index contributed by atoms with van der Waals surface area (Å²) in [6.45, 7) is 8.88. The standard InChI is InChI=1S/C23H33N5O2S/c1-16(2)31(29,30)27-13-8-19(9-14-27)25-22-24-15-18-7-6-17(3)28(21(18)26-22)20-5-4-10-23(20)11-12-23/h6-7,15-16,19-20H,3-5,8-14H2,1-2H3,(H,24,25,26)/t20-/m0/s1. The molecule has 1 saturated heterocycles. The summed E-state index contributed by atoms with van der Waals surface area (Å²) in [7, 11) is -3.19. The zero-order valence-corrected chi connectivity index (χ0v) is 19.4. The van der Waals surface area contributed by atoms with Crippen molar-refractivity contribution in [2.45, 2.75) is 76.1 Å². The second-order valence-electron chi connectivity index (χ2n) is 9.85. The Bertz CT molecular complexity index is 1010. The maximum atomic E-state index is 12.4. The molecule has 31 heavy (non-hydrogen) atoms. The molecule has 2 aliphatic carbocycles. The van der Waals surface area contributed by atoms with E-state index < -0.39 is 10.0 Å². The average Bonchev–Trinajstić information content (AvgIpc) is 3.41. The molecule has 0 amide bonds. The van der Waals surface area contributed by atoms with E-state index in [1.54, 1.807) is 18.2 Å². The molecular formula is C23H33N5O2S. The topological polar surface area (TPSA) is 78.4 Å². The highest BCUT2D eigenvalue weighted by molar-refractivity contribution is 7.89. The minimum atomic E-state index is -3.19. The minimum absolute atomic E-state index is 0.175. The predicted octanol–water partition coefficient (Wildman–Crippen LogP) is 3.77. The van der Waals surface area contributed by atoms with Crippen LogP contribution in [-0.4, -0.2) is 53.1 Å². The minimum Gasteiger partial charge on any atom is -0.351 e. The van der Waals surface area contributed by atoms with E-state index >= 15 is 0 Å². The van der Waals surface area contributed by atoms with Crippen molar-refractivity contribution in [2.75, 3.05) is 23.3 Å². The van der Waals surface area contributed by atoms with Crippen molar-refractivity contribution in [3.63, 3.8) is 0 Å². The Kier molecular flexibility index (Phi) is 5.13. The predicted molar refractivity (Wildman–Crippen MR) is 124 cm³/mol. The second-order valence-corrected chi connectivity index (χ2v) is 12.3. The molecule has 0 bridgehead atoms. The molecular weight excluding hydrogens is 410 g/mol. The zero-order valence-electron chi connectivity index (χ0n) is 18.5. The van der Waals surface area contributed by atoms with E-state index in [2.05, 4.69) is 33.9 Å². The van der Waals surface area contributed by atoms with Gasteiger partial charge >= 0.3 is 0 Å². The number of hydrogen-bond acceptors (Lipinski definition) is 6. The lowest BCUT2D eigenvalue weighted by atomic mass is 9.96. The van der Waals surface area contributed by atoms with Crippen molar-refractivity contribution in [3.05, 3.63) is 30.1 Å². The number of nitrogens with zero attached hydrogens (tertiary/aromatic N) is 4. The molecule has 0 aromatic carbocycles. The zero-order chi connectivity index (χ0) is 21.8. The van der Waals surface area contributed by atoms with Gasteiger partial charge in [-0.25, -0.2) is 17.7 Å². The van der Waals surface area contributed by atoms with E-state index in [1.807, 2.05) is 6.20 Å². The number of hydrogen-bond donors (Lipinski definition) is 1. The van der Waals surface area contributed by atoms with Crippen LogP contribution in [0.1, 0.15) is 64.4 Å². The molecule has 8 heteroatoms. The second kappa shape index (κ2) is 7.59. The molecule has 1 atom stereocenters. The molecule has 168 valence electrons. The molecule has 1 spiro atoms. The van der Waals surface area contributed by atoms with Crippen LogP contribution < -0.4 is 10.2 Å². The van der Waals surface area contributed by atoms with Gasteiger partial charge in [-0.1, -0.05) is 13.0 Å². The van der Waals surface area contributed by atoms with Crippen molar-refractivity contribution in [3.8, 4) is 0 Å². The number of allylic oxidation sites excluding steroid dienone is 1. The largest absolute Gasteiger partial charge is 0.351 e. The highest BCUT2D eigenvalue weighted by atomic mass is 32.2. The van der Waals surface area contributed by atoms with Crippen LogP contribution in [0.25, 0.3) is 6.08 Å². The van der Waals surface area contributed by atoms with Crippen LogP contribution in [0.5, 0.6) is 0 Å². The first-order valence-electron chi connectivity index (χ1n) is 11.6.